The zero-order chi connectivity index (χ0) is 44.1. The van der Waals surface area contributed by atoms with Gasteiger partial charge in [0, 0.05) is 75.4 Å². The van der Waals surface area contributed by atoms with Gasteiger partial charge in [-0.2, -0.15) is 4.98 Å². The number of pyridine rings is 1. The molecule has 1 unspecified atom stereocenters. The van der Waals surface area contributed by atoms with Gasteiger partial charge in [-0.25, -0.2) is 4.98 Å². The number of benzene rings is 2. The molecule has 0 saturated carbocycles. The highest BCUT2D eigenvalue weighted by Gasteiger charge is 2.45. The Labute approximate surface area is 359 Å². The van der Waals surface area contributed by atoms with E-state index in [-0.39, 0.29) is 72.3 Å². The third-order valence-corrected chi connectivity index (χ3v) is 11.1. The molecule has 4 aromatic rings. The summed E-state index contributed by atoms with van der Waals surface area (Å²) in [7, 11) is 4.55. The maximum atomic E-state index is 13.3. The van der Waals surface area contributed by atoms with Crippen molar-refractivity contribution >= 4 is 81.1 Å². The summed E-state index contributed by atoms with van der Waals surface area (Å²) < 4.78 is 18.2. The fourth-order valence-electron chi connectivity index (χ4n) is 7.60. The molecule has 0 spiro atoms. The minimum absolute atomic E-state index is 0.00300. The molecule has 62 heavy (non-hydrogen) atoms. The number of hydrogen-bond donors (Lipinski definition) is 5. The first-order valence-corrected chi connectivity index (χ1v) is 20.3. The Morgan fingerprint density at radius 2 is 1.76 bits per heavy atom. The predicted octanol–water partition coefficient (Wildman–Crippen LogP) is 1.72. The maximum absolute atomic E-state index is 13.3. The maximum Gasteiger partial charge on any atom is 0.293 e. The van der Waals surface area contributed by atoms with E-state index in [1.54, 1.807) is 37.4 Å². The van der Waals surface area contributed by atoms with Crippen molar-refractivity contribution in [2.24, 2.45) is 13.0 Å². The third kappa shape index (κ3) is 9.10. The lowest BCUT2D eigenvalue weighted by molar-refractivity contribution is -0.136. The molecule has 0 aliphatic carbocycles. The first-order valence-electron chi connectivity index (χ1n) is 19.9. The lowest BCUT2D eigenvalue weighted by Gasteiger charge is -2.31. The summed E-state index contributed by atoms with van der Waals surface area (Å²) in [6, 6.07) is 8.82. The van der Waals surface area contributed by atoms with Crippen LogP contribution in [-0.2, 0) is 31.0 Å². The van der Waals surface area contributed by atoms with Crippen LogP contribution in [0, 0.1) is 5.92 Å². The highest BCUT2D eigenvalue weighted by molar-refractivity contribution is 6.33. The van der Waals surface area contributed by atoms with Gasteiger partial charge in [0.1, 0.15) is 16.8 Å². The van der Waals surface area contributed by atoms with Crippen LogP contribution in [0.15, 0.2) is 47.4 Å². The van der Waals surface area contributed by atoms with Gasteiger partial charge >= 0.3 is 0 Å². The predicted molar refractivity (Wildman–Crippen MR) is 226 cm³/mol. The molecular formula is C41H45ClN10O10. The Morgan fingerprint density at radius 1 is 0.984 bits per heavy atom. The molecule has 326 valence electrons. The zero-order valence-corrected chi connectivity index (χ0v) is 34.9. The number of imide groups is 2. The number of aromatic nitrogens is 3. The quantitative estimate of drug-likeness (QED) is 0.0795. The molecule has 3 aliphatic heterocycles. The van der Waals surface area contributed by atoms with E-state index in [2.05, 4.69) is 36.6 Å². The normalized spacial score (nSPS) is 16.5. The number of fused-ring (bicyclic) bond motifs is 2. The third-order valence-electron chi connectivity index (χ3n) is 10.8. The summed E-state index contributed by atoms with van der Waals surface area (Å²) in [5.74, 6) is -1.81. The molecule has 2 aromatic carbocycles. The number of carbonyl (C=O) groups is 6. The second-order valence-electron chi connectivity index (χ2n) is 14.7. The second kappa shape index (κ2) is 18.9. The molecular weight excluding hydrogens is 828 g/mol. The molecule has 5 heterocycles. The molecule has 2 aromatic heterocycles. The number of anilines is 4. The van der Waals surface area contributed by atoms with Crippen LogP contribution in [0.4, 0.5) is 23.1 Å². The number of rotatable bonds is 16. The van der Waals surface area contributed by atoms with Crippen LogP contribution in [0.3, 0.4) is 0 Å². The number of piperidine rings is 2. The van der Waals surface area contributed by atoms with E-state index >= 15 is 0 Å². The van der Waals surface area contributed by atoms with Crippen molar-refractivity contribution in [3.8, 4) is 11.5 Å². The monoisotopic (exact) mass is 872 g/mol. The second-order valence-corrected chi connectivity index (χ2v) is 15.1. The van der Waals surface area contributed by atoms with Gasteiger partial charge in [0.25, 0.3) is 23.3 Å². The van der Waals surface area contributed by atoms with Crippen LogP contribution in [0.5, 0.6) is 11.5 Å². The van der Waals surface area contributed by atoms with E-state index in [9.17, 15) is 33.6 Å². The number of amides is 6. The van der Waals surface area contributed by atoms with E-state index in [1.807, 2.05) is 4.90 Å². The zero-order valence-electron chi connectivity index (χ0n) is 34.2. The van der Waals surface area contributed by atoms with E-state index in [1.165, 1.54) is 31.0 Å². The number of carbonyl (C=O) groups excluding carboxylic acids is 6. The number of nitrogens with one attached hydrogen (secondary N) is 5. The first kappa shape index (κ1) is 43.3. The number of ether oxygens (including phenoxy) is 3. The van der Waals surface area contributed by atoms with E-state index < -0.39 is 35.2 Å². The number of likely N-dealkylation sites (N-methyl/N-ethyl adjacent to an activating group) is 1. The molecule has 2 fully saturated rings. The summed E-state index contributed by atoms with van der Waals surface area (Å²) in [6.45, 7) is 1.84. The standard InChI is InChI=1S/C41H45ClN10O10/c1-43-32(54)21-62-30-18-23-17-24(19-29(60-3)34(23)50(2)39(30)58)47-35-26(42)20-46-41(49-35)51-13-9-22(10-14-51)36(55)45-12-16-61-15-11-44-27-6-4-5-25-33(27)40(59)52(38(25)57)28-7-8-31(53)48-37(28)56/h4-6,17-20,22,28,44H,7-16,21H2,1-3H3,(H,43,54)(H,45,55)(H,46,47,49)(H,48,53,56). The average Bonchev–Trinajstić information content (AvgIpc) is 3.52. The van der Waals surface area contributed by atoms with Gasteiger partial charge in [0.05, 0.1) is 43.2 Å². The number of hydrogen-bond acceptors (Lipinski definition) is 15. The Bertz CT molecular complexity index is 2510. The molecule has 7 rings (SSSR count). The Kier molecular flexibility index (Phi) is 13.2. The largest absolute Gasteiger partial charge is 0.494 e. The minimum Gasteiger partial charge on any atom is -0.494 e. The van der Waals surface area contributed by atoms with Crippen LogP contribution >= 0.6 is 11.6 Å². The molecule has 5 N–H and O–H groups in total. The summed E-state index contributed by atoms with van der Waals surface area (Å²) in [4.78, 5) is 100. The van der Waals surface area contributed by atoms with Gasteiger partial charge in [-0.05, 0) is 43.5 Å². The van der Waals surface area contributed by atoms with E-state index in [0.717, 1.165) is 4.90 Å². The first-order chi connectivity index (χ1) is 29.9. The molecule has 0 bridgehead atoms. The number of nitrogens with zero attached hydrogens (tertiary/aromatic N) is 5. The van der Waals surface area contributed by atoms with Crippen molar-refractivity contribution in [3.05, 3.63) is 69.1 Å². The Hall–Kier alpha value is -6.80. The molecule has 3 aliphatic rings. The smallest absolute Gasteiger partial charge is 0.293 e. The minimum atomic E-state index is -1.05. The van der Waals surface area contributed by atoms with Crippen molar-refractivity contribution in [2.45, 2.75) is 31.7 Å². The van der Waals surface area contributed by atoms with Crippen molar-refractivity contribution < 1.29 is 43.0 Å². The van der Waals surface area contributed by atoms with Gasteiger partial charge in [0.15, 0.2) is 18.2 Å². The van der Waals surface area contributed by atoms with Crippen molar-refractivity contribution in [1.29, 1.82) is 0 Å². The molecule has 6 amide bonds. The van der Waals surface area contributed by atoms with Crippen molar-refractivity contribution in [1.82, 2.24) is 35.4 Å². The van der Waals surface area contributed by atoms with Crippen LogP contribution in [-0.4, -0.2) is 121 Å². The molecule has 0 radical (unpaired) electrons. The number of halogens is 1. The molecule has 20 nitrogen and oxygen atoms in total. The van der Waals surface area contributed by atoms with Crippen LogP contribution in [0.25, 0.3) is 10.9 Å². The average molecular weight is 873 g/mol. The number of aryl methyl sites for hydroxylation is 1. The fraction of sp³-hybridized carbons (Fsp3) is 0.390. The van der Waals surface area contributed by atoms with Crippen LogP contribution < -0.4 is 46.5 Å². The topological polar surface area (TPSA) is 245 Å². The van der Waals surface area contributed by atoms with E-state index in [0.29, 0.717) is 78.8 Å². The van der Waals surface area contributed by atoms with E-state index in [4.69, 9.17) is 25.8 Å². The van der Waals surface area contributed by atoms with Gasteiger partial charge in [-0.3, -0.25) is 43.8 Å². The lowest BCUT2D eigenvalue weighted by atomic mass is 9.96. The molecule has 1 atom stereocenters. The Morgan fingerprint density at radius 3 is 2.50 bits per heavy atom. The number of methoxy groups -OCH3 is 1. The highest BCUT2D eigenvalue weighted by atomic mass is 35.5. The van der Waals surface area contributed by atoms with Crippen molar-refractivity contribution in [2.75, 3.05) is 75.7 Å². The van der Waals surface area contributed by atoms with Gasteiger partial charge < -0.3 is 44.9 Å². The lowest BCUT2D eigenvalue weighted by Crippen LogP contribution is -2.54. The van der Waals surface area contributed by atoms with Crippen molar-refractivity contribution in [3.63, 3.8) is 0 Å². The summed E-state index contributed by atoms with van der Waals surface area (Å²) >= 11 is 6.53. The fourth-order valence-corrected chi connectivity index (χ4v) is 7.74. The SMILES string of the molecule is CNC(=O)COc1cc2cc(Nc3nc(N4CCC(C(=O)NCCOCCNc5cccc6c5C(=O)N(C5CCC(=O)NC5=O)C6=O)CC4)ncc3Cl)cc(OC)c2n(C)c1=O. The highest BCUT2D eigenvalue weighted by Crippen LogP contribution is 2.35. The van der Waals surface area contributed by atoms with Gasteiger partial charge in [-0.15, -0.1) is 0 Å². The molecule has 2 saturated heterocycles. The van der Waals surface area contributed by atoms with Gasteiger partial charge in [0.2, 0.25) is 23.7 Å². The summed E-state index contributed by atoms with van der Waals surface area (Å²) in [5, 5.41) is 14.8. The Balaban J connectivity index is 0.869. The van der Waals surface area contributed by atoms with Crippen LogP contribution in [0.1, 0.15) is 46.4 Å². The summed E-state index contributed by atoms with van der Waals surface area (Å²) in [5.41, 5.74) is 1.42. The van der Waals surface area contributed by atoms with Crippen LogP contribution in [0.2, 0.25) is 5.02 Å². The summed E-state index contributed by atoms with van der Waals surface area (Å²) in [6.07, 6.45) is 2.74. The molecule has 21 heteroatoms. The van der Waals surface area contributed by atoms with Gasteiger partial charge in [-0.1, -0.05) is 17.7 Å².